The van der Waals surface area contributed by atoms with Gasteiger partial charge >= 0.3 is 0 Å². The molecule has 1 aromatic rings. The van der Waals surface area contributed by atoms with Crippen LogP contribution < -0.4 is 5.73 Å². The highest BCUT2D eigenvalue weighted by Gasteiger charge is 2.30. The zero-order chi connectivity index (χ0) is 14.1. The molecule has 2 atom stereocenters. The molecule has 0 spiro atoms. The van der Waals surface area contributed by atoms with Gasteiger partial charge in [0.1, 0.15) is 0 Å². The summed E-state index contributed by atoms with van der Waals surface area (Å²) in [4.78, 5) is 4.89. The summed E-state index contributed by atoms with van der Waals surface area (Å²) in [6, 6.07) is 10.3. The first-order valence-corrected chi connectivity index (χ1v) is 7.89. The highest BCUT2D eigenvalue weighted by Crippen LogP contribution is 2.40. The van der Waals surface area contributed by atoms with Crippen LogP contribution in [-0.2, 0) is 0 Å². The van der Waals surface area contributed by atoms with Gasteiger partial charge in [-0.3, -0.25) is 4.90 Å². The van der Waals surface area contributed by atoms with Gasteiger partial charge in [0.2, 0.25) is 0 Å². The van der Waals surface area contributed by atoms with Crippen molar-refractivity contribution in [3.8, 4) is 0 Å². The summed E-state index contributed by atoms with van der Waals surface area (Å²) in [7, 11) is 4.35. The van der Waals surface area contributed by atoms with Crippen LogP contribution in [0.15, 0.2) is 24.3 Å². The third-order valence-electron chi connectivity index (χ3n) is 4.96. The van der Waals surface area contributed by atoms with Crippen molar-refractivity contribution in [3.05, 3.63) is 35.4 Å². The Morgan fingerprint density at radius 2 is 1.90 bits per heavy atom. The summed E-state index contributed by atoms with van der Waals surface area (Å²) in [5, 5.41) is 0. The molecule has 1 saturated carbocycles. The standard InChI is InChI=1S/C17H27N3/c1-19(2)16-9-10-20(12-16)17(11-18)15-7-5-14(6-8-15)13-3-4-13/h5-8,13,16-17H,3-4,9-12,18H2,1-2H3. The summed E-state index contributed by atoms with van der Waals surface area (Å²) in [6.07, 6.45) is 4.00. The van der Waals surface area contributed by atoms with Crippen molar-refractivity contribution >= 4 is 0 Å². The Balaban J connectivity index is 1.69. The molecule has 0 radical (unpaired) electrons. The molecule has 1 heterocycles. The first-order chi connectivity index (χ1) is 9.69. The summed E-state index contributed by atoms with van der Waals surface area (Å²) < 4.78 is 0. The van der Waals surface area contributed by atoms with Crippen LogP contribution >= 0.6 is 0 Å². The summed E-state index contributed by atoms with van der Waals surface area (Å²) in [5.41, 5.74) is 8.96. The number of nitrogens with zero attached hydrogens (tertiary/aromatic N) is 2. The molecule has 1 aliphatic carbocycles. The third-order valence-corrected chi connectivity index (χ3v) is 4.96. The maximum Gasteiger partial charge on any atom is 0.0471 e. The number of hydrogen-bond donors (Lipinski definition) is 1. The third kappa shape index (κ3) is 2.90. The highest BCUT2D eigenvalue weighted by atomic mass is 15.2. The lowest BCUT2D eigenvalue weighted by molar-refractivity contribution is 0.220. The average molecular weight is 273 g/mol. The van der Waals surface area contributed by atoms with E-state index in [1.165, 1.54) is 30.4 Å². The lowest BCUT2D eigenvalue weighted by Gasteiger charge is -2.28. The van der Waals surface area contributed by atoms with E-state index in [1.54, 1.807) is 0 Å². The van der Waals surface area contributed by atoms with Crippen LogP contribution in [0.25, 0.3) is 0 Å². The fourth-order valence-corrected chi connectivity index (χ4v) is 3.38. The molecule has 1 aliphatic heterocycles. The molecule has 2 fully saturated rings. The van der Waals surface area contributed by atoms with Gasteiger partial charge < -0.3 is 10.6 Å². The Morgan fingerprint density at radius 3 is 2.40 bits per heavy atom. The maximum atomic E-state index is 6.06. The van der Waals surface area contributed by atoms with E-state index in [4.69, 9.17) is 5.73 Å². The van der Waals surface area contributed by atoms with Gasteiger partial charge in [-0.2, -0.15) is 0 Å². The number of hydrogen-bond acceptors (Lipinski definition) is 3. The Labute approximate surface area is 122 Å². The second-order valence-electron chi connectivity index (χ2n) is 6.59. The number of rotatable bonds is 5. The van der Waals surface area contributed by atoms with Gasteiger partial charge in [-0.1, -0.05) is 24.3 Å². The predicted octanol–water partition coefficient (Wildman–Crippen LogP) is 2.20. The minimum atomic E-state index is 0.383. The van der Waals surface area contributed by atoms with Crippen molar-refractivity contribution in [2.45, 2.75) is 37.3 Å². The van der Waals surface area contributed by atoms with Gasteiger partial charge in [-0.05, 0) is 50.4 Å². The van der Waals surface area contributed by atoms with Crippen molar-refractivity contribution in [2.75, 3.05) is 33.7 Å². The lowest BCUT2D eigenvalue weighted by atomic mass is 10.0. The van der Waals surface area contributed by atoms with E-state index >= 15 is 0 Å². The van der Waals surface area contributed by atoms with E-state index in [0.29, 0.717) is 18.6 Å². The smallest absolute Gasteiger partial charge is 0.0471 e. The minimum absolute atomic E-state index is 0.383. The molecule has 2 aliphatic rings. The summed E-state index contributed by atoms with van der Waals surface area (Å²) in [5.74, 6) is 0.838. The molecule has 2 N–H and O–H groups in total. The number of likely N-dealkylation sites (tertiary alicyclic amines) is 1. The van der Waals surface area contributed by atoms with Crippen molar-refractivity contribution in [1.29, 1.82) is 0 Å². The second-order valence-corrected chi connectivity index (χ2v) is 6.59. The molecule has 3 nitrogen and oxygen atoms in total. The van der Waals surface area contributed by atoms with Crippen molar-refractivity contribution in [3.63, 3.8) is 0 Å². The van der Waals surface area contributed by atoms with Crippen LogP contribution in [0.1, 0.15) is 42.3 Å². The molecule has 3 heteroatoms. The molecule has 20 heavy (non-hydrogen) atoms. The van der Waals surface area contributed by atoms with E-state index < -0.39 is 0 Å². The summed E-state index contributed by atoms with van der Waals surface area (Å²) in [6.45, 7) is 3.01. The molecule has 0 bridgehead atoms. The topological polar surface area (TPSA) is 32.5 Å². The predicted molar refractivity (Wildman–Crippen MR) is 83.9 cm³/mol. The van der Waals surface area contributed by atoms with Gasteiger partial charge in [0.05, 0.1) is 0 Å². The maximum absolute atomic E-state index is 6.06. The van der Waals surface area contributed by atoms with E-state index in [-0.39, 0.29) is 0 Å². The molecular weight excluding hydrogens is 246 g/mol. The molecule has 0 aromatic heterocycles. The van der Waals surface area contributed by atoms with Gasteiger partial charge in [-0.15, -0.1) is 0 Å². The largest absolute Gasteiger partial charge is 0.329 e. The Kier molecular flexibility index (Phi) is 4.11. The summed E-state index contributed by atoms with van der Waals surface area (Å²) >= 11 is 0. The van der Waals surface area contributed by atoms with Crippen molar-refractivity contribution in [2.24, 2.45) is 5.73 Å². The lowest BCUT2D eigenvalue weighted by Crippen LogP contribution is -2.36. The first kappa shape index (κ1) is 14.1. The fourth-order valence-electron chi connectivity index (χ4n) is 3.38. The molecule has 110 valence electrons. The van der Waals surface area contributed by atoms with Crippen LogP contribution in [0.3, 0.4) is 0 Å². The highest BCUT2D eigenvalue weighted by molar-refractivity contribution is 5.30. The van der Waals surface area contributed by atoms with Crippen LogP contribution in [0.2, 0.25) is 0 Å². The van der Waals surface area contributed by atoms with Crippen LogP contribution in [0, 0.1) is 0 Å². The van der Waals surface area contributed by atoms with Gasteiger partial charge in [0.25, 0.3) is 0 Å². The van der Waals surface area contributed by atoms with Crippen molar-refractivity contribution < 1.29 is 0 Å². The molecular formula is C17H27N3. The minimum Gasteiger partial charge on any atom is -0.329 e. The van der Waals surface area contributed by atoms with E-state index in [9.17, 15) is 0 Å². The zero-order valence-electron chi connectivity index (χ0n) is 12.8. The second kappa shape index (κ2) is 5.84. The van der Waals surface area contributed by atoms with E-state index in [0.717, 1.165) is 19.0 Å². The Bertz CT molecular complexity index is 436. The number of nitrogens with two attached hydrogens (primary N) is 1. The molecule has 2 unspecified atom stereocenters. The van der Waals surface area contributed by atoms with Crippen LogP contribution in [0.4, 0.5) is 0 Å². The zero-order valence-corrected chi connectivity index (χ0v) is 12.8. The number of benzene rings is 1. The van der Waals surface area contributed by atoms with Gasteiger partial charge in [0.15, 0.2) is 0 Å². The first-order valence-electron chi connectivity index (χ1n) is 7.89. The Hall–Kier alpha value is -0.900. The SMILES string of the molecule is CN(C)C1CCN(C(CN)c2ccc(C3CC3)cc2)C1. The normalized spacial score (nSPS) is 25.3. The number of likely N-dealkylation sites (N-methyl/N-ethyl adjacent to an activating group) is 1. The molecule has 1 saturated heterocycles. The molecule has 0 amide bonds. The van der Waals surface area contributed by atoms with E-state index in [1.807, 2.05) is 0 Å². The van der Waals surface area contributed by atoms with Gasteiger partial charge in [0, 0.05) is 31.7 Å². The van der Waals surface area contributed by atoms with Crippen LogP contribution in [0.5, 0.6) is 0 Å². The molecule has 1 aromatic carbocycles. The van der Waals surface area contributed by atoms with Crippen molar-refractivity contribution in [1.82, 2.24) is 9.80 Å². The Morgan fingerprint density at radius 1 is 1.20 bits per heavy atom. The fraction of sp³-hybridized carbons (Fsp3) is 0.647. The van der Waals surface area contributed by atoms with E-state index in [2.05, 4.69) is 48.2 Å². The quantitative estimate of drug-likeness (QED) is 0.892. The van der Waals surface area contributed by atoms with Gasteiger partial charge in [-0.25, -0.2) is 0 Å². The van der Waals surface area contributed by atoms with Crippen LogP contribution in [-0.4, -0.2) is 49.6 Å². The molecule has 3 rings (SSSR count). The average Bonchev–Trinajstić information content (AvgIpc) is 3.19. The monoisotopic (exact) mass is 273 g/mol.